The highest BCUT2D eigenvalue weighted by molar-refractivity contribution is 7.20. The van der Waals surface area contributed by atoms with Crippen LogP contribution in [0.1, 0.15) is 16.8 Å². The predicted molar refractivity (Wildman–Crippen MR) is 140 cm³/mol. The van der Waals surface area contributed by atoms with Crippen LogP contribution >= 0.6 is 22.9 Å². The van der Waals surface area contributed by atoms with Crippen LogP contribution in [0.4, 0.5) is 10.5 Å². The number of hydrogen-bond donors (Lipinski definition) is 1. The maximum Gasteiger partial charge on any atom is 0.322 e. The summed E-state index contributed by atoms with van der Waals surface area (Å²) < 4.78 is 3.18. The van der Waals surface area contributed by atoms with Crippen LogP contribution < -0.4 is 5.32 Å². The fourth-order valence-corrected chi connectivity index (χ4v) is 4.93. The van der Waals surface area contributed by atoms with Crippen molar-refractivity contribution in [2.24, 2.45) is 0 Å². The van der Waals surface area contributed by atoms with Gasteiger partial charge in [-0.25, -0.2) is 9.78 Å². The molecule has 0 aliphatic heterocycles. The number of carbonyl (C=O) groups excluding carboxylic acids is 1. The lowest BCUT2D eigenvalue weighted by molar-refractivity contribution is 0.205. The highest BCUT2D eigenvalue weighted by Crippen LogP contribution is 2.27. The van der Waals surface area contributed by atoms with Crippen LogP contribution in [-0.4, -0.2) is 20.5 Å². The molecule has 3 aromatic carbocycles. The Morgan fingerprint density at radius 2 is 1.74 bits per heavy atom. The smallest absolute Gasteiger partial charge is 0.314 e. The number of nitrogens with one attached hydrogen (secondary N) is 1. The van der Waals surface area contributed by atoms with Gasteiger partial charge in [0.1, 0.15) is 0 Å². The standard InChI is InChI=1S/C27H23ClN4OS/c1-19-12-14-20(15-13-19)17-31(26(33)29-23-9-3-2-8-22(23)28)18-21-7-6-16-32(21)27-30-24-10-4-5-11-25(24)34-27/h2-16H,17-18H2,1H3,(H,29,33). The molecule has 0 unspecified atom stereocenters. The van der Waals surface area contributed by atoms with Gasteiger partial charge in [-0.3, -0.25) is 4.57 Å². The van der Waals surface area contributed by atoms with Crippen molar-refractivity contribution in [2.45, 2.75) is 20.0 Å². The molecule has 5 nitrogen and oxygen atoms in total. The van der Waals surface area contributed by atoms with E-state index in [1.54, 1.807) is 28.4 Å². The minimum Gasteiger partial charge on any atom is -0.314 e. The Morgan fingerprint density at radius 3 is 2.53 bits per heavy atom. The Balaban J connectivity index is 1.44. The third-order valence-corrected chi connectivity index (χ3v) is 6.94. The molecule has 0 aliphatic carbocycles. The van der Waals surface area contributed by atoms with Gasteiger partial charge in [0.05, 0.1) is 27.5 Å². The average Bonchev–Trinajstić information content (AvgIpc) is 3.48. The van der Waals surface area contributed by atoms with Crippen molar-refractivity contribution >= 4 is 44.9 Å². The summed E-state index contributed by atoms with van der Waals surface area (Å²) in [5.74, 6) is 0. The number of urea groups is 1. The number of nitrogens with zero attached hydrogens (tertiary/aromatic N) is 3. The van der Waals surface area contributed by atoms with Crippen molar-refractivity contribution in [3.8, 4) is 5.13 Å². The van der Waals surface area contributed by atoms with E-state index in [1.165, 1.54) is 5.56 Å². The van der Waals surface area contributed by atoms with E-state index in [9.17, 15) is 4.79 Å². The highest BCUT2D eigenvalue weighted by atomic mass is 35.5. The van der Waals surface area contributed by atoms with E-state index in [1.807, 2.05) is 48.7 Å². The van der Waals surface area contributed by atoms with Crippen molar-refractivity contribution in [3.05, 3.63) is 113 Å². The number of anilines is 1. The Bertz CT molecular complexity index is 1410. The number of thiazole rings is 1. The molecule has 34 heavy (non-hydrogen) atoms. The fourth-order valence-electron chi connectivity index (χ4n) is 3.76. The van der Waals surface area contributed by atoms with Crippen molar-refractivity contribution in [2.75, 3.05) is 5.32 Å². The molecule has 0 saturated carbocycles. The molecular formula is C27H23ClN4OS. The van der Waals surface area contributed by atoms with Gasteiger partial charge < -0.3 is 10.2 Å². The quantitative estimate of drug-likeness (QED) is 0.274. The van der Waals surface area contributed by atoms with Crippen molar-refractivity contribution in [1.82, 2.24) is 14.5 Å². The molecule has 5 aromatic rings. The zero-order valence-electron chi connectivity index (χ0n) is 18.6. The SMILES string of the molecule is Cc1ccc(CN(Cc2cccn2-c2nc3ccccc3s2)C(=O)Nc2ccccc2Cl)cc1. The third-order valence-electron chi connectivity index (χ3n) is 5.57. The first-order chi connectivity index (χ1) is 16.6. The molecule has 0 atom stereocenters. The van der Waals surface area contributed by atoms with Gasteiger partial charge in [-0.1, -0.05) is 77.0 Å². The molecular weight excluding hydrogens is 464 g/mol. The van der Waals surface area contributed by atoms with E-state index in [4.69, 9.17) is 16.6 Å². The summed E-state index contributed by atoms with van der Waals surface area (Å²) in [7, 11) is 0. The number of hydrogen-bond acceptors (Lipinski definition) is 3. The van der Waals surface area contributed by atoms with Gasteiger partial charge >= 0.3 is 6.03 Å². The maximum absolute atomic E-state index is 13.4. The largest absolute Gasteiger partial charge is 0.322 e. The lowest BCUT2D eigenvalue weighted by atomic mass is 10.1. The van der Waals surface area contributed by atoms with E-state index < -0.39 is 0 Å². The van der Waals surface area contributed by atoms with Gasteiger partial charge in [0.15, 0.2) is 5.13 Å². The third kappa shape index (κ3) is 4.83. The summed E-state index contributed by atoms with van der Waals surface area (Å²) in [5, 5.41) is 4.35. The summed E-state index contributed by atoms with van der Waals surface area (Å²) in [5.41, 5.74) is 4.76. The van der Waals surface area contributed by atoms with E-state index in [-0.39, 0.29) is 6.03 Å². The minimum absolute atomic E-state index is 0.217. The number of rotatable bonds is 6. The summed E-state index contributed by atoms with van der Waals surface area (Å²) in [4.78, 5) is 20.0. The second-order valence-electron chi connectivity index (χ2n) is 8.09. The van der Waals surface area contributed by atoms with Gasteiger partial charge in [0, 0.05) is 18.4 Å². The zero-order chi connectivity index (χ0) is 23.5. The van der Waals surface area contributed by atoms with Crippen molar-refractivity contribution < 1.29 is 4.79 Å². The average molecular weight is 487 g/mol. The van der Waals surface area contributed by atoms with Crippen LogP contribution in [0.15, 0.2) is 91.1 Å². The second kappa shape index (κ2) is 9.71. The molecule has 0 aliphatic rings. The van der Waals surface area contributed by atoms with E-state index in [0.29, 0.717) is 23.8 Å². The first-order valence-electron chi connectivity index (χ1n) is 10.9. The van der Waals surface area contributed by atoms with E-state index in [2.05, 4.69) is 47.1 Å². The predicted octanol–water partition coefficient (Wildman–Crippen LogP) is 7.28. The monoisotopic (exact) mass is 486 g/mol. The molecule has 2 heterocycles. The zero-order valence-corrected chi connectivity index (χ0v) is 20.2. The number of carbonyl (C=O) groups is 1. The molecule has 2 aromatic heterocycles. The number of halogens is 1. The minimum atomic E-state index is -0.217. The van der Waals surface area contributed by atoms with Crippen LogP contribution in [0.2, 0.25) is 5.02 Å². The van der Waals surface area contributed by atoms with E-state index in [0.717, 1.165) is 26.6 Å². The normalized spacial score (nSPS) is 11.0. The number of aryl methyl sites for hydroxylation is 1. The topological polar surface area (TPSA) is 50.2 Å². The van der Waals surface area contributed by atoms with Gasteiger partial charge in [-0.05, 0) is 48.9 Å². The van der Waals surface area contributed by atoms with Crippen LogP contribution in [0.5, 0.6) is 0 Å². The molecule has 1 N–H and O–H groups in total. The Morgan fingerprint density at radius 1 is 0.971 bits per heavy atom. The second-order valence-corrected chi connectivity index (χ2v) is 9.50. The van der Waals surface area contributed by atoms with Crippen LogP contribution in [0.25, 0.3) is 15.3 Å². The van der Waals surface area contributed by atoms with Crippen molar-refractivity contribution in [1.29, 1.82) is 0 Å². The molecule has 0 spiro atoms. The van der Waals surface area contributed by atoms with E-state index >= 15 is 0 Å². The summed E-state index contributed by atoms with van der Waals surface area (Å²) in [6.45, 7) is 2.92. The van der Waals surface area contributed by atoms with Crippen LogP contribution in [-0.2, 0) is 13.1 Å². The van der Waals surface area contributed by atoms with Gasteiger partial charge in [0.25, 0.3) is 0 Å². The van der Waals surface area contributed by atoms with Crippen LogP contribution in [0, 0.1) is 6.92 Å². The lowest BCUT2D eigenvalue weighted by Crippen LogP contribution is -2.34. The van der Waals surface area contributed by atoms with Crippen molar-refractivity contribution in [3.63, 3.8) is 0 Å². The van der Waals surface area contributed by atoms with Gasteiger partial charge in [0.2, 0.25) is 0 Å². The molecule has 170 valence electrons. The summed E-state index contributed by atoms with van der Waals surface area (Å²) in [6, 6.07) is 27.4. The van der Waals surface area contributed by atoms with Crippen LogP contribution in [0.3, 0.4) is 0 Å². The maximum atomic E-state index is 13.4. The summed E-state index contributed by atoms with van der Waals surface area (Å²) >= 11 is 7.92. The summed E-state index contributed by atoms with van der Waals surface area (Å²) in [6.07, 6.45) is 1.99. The number of aromatic nitrogens is 2. The highest BCUT2D eigenvalue weighted by Gasteiger charge is 2.19. The molecule has 0 saturated heterocycles. The molecule has 2 amide bonds. The molecule has 7 heteroatoms. The number of para-hydroxylation sites is 2. The molecule has 5 rings (SSSR count). The molecule has 0 bridgehead atoms. The number of benzene rings is 3. The lowest BCUT2D eigenvalue weighted by Gasteiger charge is -2.24. The Labute approximate surface area is 207 Å². The van der Waals surface area contributed by atoms with Gasteiger partial charge in [-0.2, -0.15) is 0 Å². The molecule has 0 fully saturated rings. The number of amides is 2. The fraction of sp³-hybridized carbons (Fsp3) is 0.111. The first kappa shape index (κ1) is 22.2. The first-order valence-corrected chi connectivity index (χ1v) is 12.1. The Kier molecular flexibility index (Phi) is 6.34. The Hall–Kier alpha value is -3.61. The molecule has 0 radical (unpaired) electrons. The van der Waals surface area contributed by atoms with Gasteiger partial charge in [-0.15, -0.1) is 0 Å². The number of fused-ring (bicyclic) bond motifs is 1.